The number of amides is 1. The lowest BCUT2D eigenvalue weighted by atomic mass is 10.0. The third-order valence-electron chi connectivity index (χ3n) is 6.25. The van der Waals surface area contributed by atoms with Crippen molar-refractivity contribution in [3.8, 4) is 11.1 Å². The molecule has 37 heavy (non-hydrogen) atoms. The summed E-state index contributed by atoms with van der Waals surface area (Å²) in [5, 5.41) is 0. The minimum atomic E-state index is -4.01. The van der Waals surface area contributed by atoms with Crippen molar-refractivity contribution >= 4 is 27.0 Å². The van der Waals surface area contributed by atoms with Gasteiger partial charge < -0.3 is 4.57 Å². The quantitative estimate of drug-likeness (QED) is 0.292. The molecule has 0 saturated heterocycles. The van der Waals surface area contributed by atoms with Crippen LogP contribution in [0.5, 0.6) is 0 Å². The average molecular weight is 510 g/mol. The van der Waals surface area contributed by atoms with E-state index < -0.39 is 15.9 Å². The zero-order chi connectivity index (χ0) is 26.0. The van der Waals surface area contributed by atoms with Gasteiger partial charge in [0, 0.05) is 12.5 Å². The second kappa shape index (κ2) is 10.0. The first-order valence-corrected chi connectivity index (χ1v) is 13.6. The highest BCUT2D eigenvalue weighted by molar-refractivity contribution is 7.90. The Balaban J connectivity index is 1.49. The minimum absolute atomic E-state index is 0.0304. The Labute approximate surface area is 216 Å². The molecule has 0 atom stereocenters. The van der Waals surface area contributed by atoms with E-state index in [2.05, 4.69) is 59.5 Å². The third kappa shape index (κ3) is 5.04. The second-order valence-electron chi connectivity index (χ2n) is 9.19. The maximum Gasteiger partial charge on any atom is 0.267 e. The number of hydrogen-bond donors (Lipinski definition) is 1. The van der Waals surface area contributed by atoms with Gasteiger partial charge in [0.05, 0.1) is 16.0 Å². The first kappa shape index (κ1) is 24.5. The molecule has 0 aliphatic carbocycles. The van der Waals surface area contributed by atoms with Crippen molar-refractivity contribution < 1.29 is 13.2 Å². The molecule has 5 aromatic rings. The number of nitrogens with zero attached hydrogens (tertiary/aromatic N) is 2. The number of sulfonamides is 1. The number of para-hydroxylation sites is 1. The molecule has 0 radical (unpaired) electrons. The molecule has 0 spiro atoms. The molecule has 1 aromatic heterocycles. The Kier molecular flexibility index (Phi) is 6.63. The molecule has 0 bridgehead atoms. The van der Waals surface area contributed by atoms with Gasteiger partial charge in [0.1, 0.15) is 11.3 Å². The van der Waals surface area contributed by atoms with E-state index in [9.17, 15) is 13.2 Å². The fraction of sp³-hybridized carbons (Fsp3) is 0.133. The fourth-order valence-corrected chi connectivity index (χ4v) is 5.39. The van der Waals surface area contributed by atoms with Gasteiger partial charge in [-0.1, -0.05) is 92.7 Å². The van der Waals surface area contributed by atoms with Crippen LogP contribution in [0.3, 0.4) is 0 Å². The monoisotopic (exact) mass is 509 g/mol. The van der Waals surface area contributed by atoms with Gasteiger partial charge in [0.15, 0.2) is 0 Å². The van der Waals surface area contributed by atoms with Crippen LogP contribution < -0.4 is 4.72 Å². The van der Waals surface area contributed by atoms with Crippen LogP contribution in [0.1, 0.15) is 41.5 Å². The molecule has 7 heteroatoms. The summed E-state index contributed by atoms with van der Waals surface area (Å²) in [6, 6.07) is 31.7. The molecular weight excluding hydrogens is 482 g/mol. The molecule has 1 amide bonds. The van der Waals surface area contributed by atoms with Gasteiger partial charge in [0.25, 0.3) is 15.9 Å². The molecule has 1 heterocycles. The van der Waals surface area contributed by atoms with E-state index in [0.717, 1.165) is 28.0 Å². The molecule has 0 aliphatic rings. The predicted octanol–water partition coefficient (Wildman–Crippen LogP) is 5.99. The second-order valence-corrected chi connectivity index (χ2v) is 10.9. The van der Waals surface area contributed by atoms with E-state index in [-0.39, 0.29) is 16.4 Å². The Morgan fingerprint density at radius 1 is 0.811 bits per heavy atom. The molecule has 0 aliphatic heterocycles. The molecule has 5 rings (SSSR count). The van der Waals surface area contributed by atoms with Crippen LogP contribution in [0.4, 0.5) is 0 Å². The van der Waals surface area contributed by atoms with E-state index in [0.29, 0.717) is 12.1 Å². The van der Waals surface area contributed by atoms with E-state index in [4.69, 9.17) is 4.98 Å². The topological polar surface area (TPSA) is 81.1 Å². The van der Waals surface area contributed by atoms with E-state index in [1.807, 2.05) is 24.3 Å². The number of benzene rings is 4. The summed E-state index contributed by atoms with van der Waals surface area (Å²) in [5.41, 5.74) is 4.88. The number of aromatic nitrogens is 2. The summed E-state index contributed by atoms with van der Waals surface area (Å²) in [5.74, 6) is 0.217. The van der Waals surface area contributed by atoms with Crippen molar-refractivity contribution in [3.05, 3.63) is 120 Å². The number of rotatable bonds is 7. The highest BCUT2D eigenvalue weighted by Gasteiger charge is 2.23. The molecule has 0 fully saturated rings. The predicted molar refractivity (Wildman–Crippen MR) is 146 cm³/mol. The number of carbonyl (C=O) groups is 1. The van der Waals surface area contributed by atoms with Crippen molar-refractivity contribution in [3.63, 3.8) is 0 Å². The van der Waals surface area contributed by atoms with Crippen LogP contribution in [-0.4, -0.2) is 23.9 Å². The number of fused-ring (bicyclic) bond motifs is 1. The smallest absolute Gasteiger partial charge is 0.267 e. The summed E-state index contributed by atoms with van der Waals surface area (Å²) in [6.45, 7) is 4.68. The normalized spacial score (nSPS) is 11.6. The first-order chi connectivity index (χ1) is 17.8. The van der Waals surface area contributed by atoms with Crippen LogP contribution in [-0.2, 0) is 16.6 Å². The first-order valence-electron chi connectivity index (χ1n) is 12.1. The zero-order valence-corrected chi connectivity index (χ0v) is 21.4. The number of nitrogens with one attached hydrogen (secondary N) is 1. The minimum Gasteiger partial charge on any atom is -0.323 e. The standard InChI is InChI=1S/C30H27N3O3S/c1-21(2)29-31-28-26(30(34)32-37(35,36)25-12-7-4-8-13-25)14-9-15-27(28)33(29)20-22-16-18-24(19-17-22)23-10-5-3-6-11-23/h3-19,21H,20H2,1-2H3,(H,32,34). The van der Waals surface area contributed by atoms with Crippen molar-refractivity contribution in [1.29, 1.82) is 0 Å². The van der Waals surface area contributed by atoms with Gasteiger partial charge in [-0.25, -0.2) is 18.1 Å². The van der Waals surface area contributed by atoms with Crippen LogP contribution >= 0.6 is 0 Å². The lowest BCUT2D eigenvalue weighted by Gasteiger charge is -2.12. The van der Waals surface area contributed by atoms with Crippen LogP contribution in [0.2, 0.25) is 0 Å². The summed E-state index contributed by atoms with van der Waals surface area (Å²) in [6.07, 6.45) is 0. The van der Waals surface area contributed by atoms with E-state index >= 15 is 0 Å². The zero-order valence-electron chi connectivity index (χ0n) is 20.6. The molecule has 0 unspecified atom stereocenters. The Morgan fingerprint density at radius 2 is 1.43 bits per heavy atom. The number of carbonyl (C=O) groups excluding carboxylic acids is 1. The molecule has 4 aromatic carbocycles. The SMILES string of the molecule is CC(C)c1nc2c(C(=O)NS(=O)(=O)c3ccccc3)cccc2n1Cc1ccc(-c2ccccc2)cc1. The van der Waals surface area contributed by atoms with Crippen LogP contribution in [0.25, 0.3) is 22.2 Å². The molecule has 186 valence electrons. The van der Waals surface area contributed by atoms with Crippen molar-refractivity contribution in [2.24, 2.45) is 0 Å². The summed E-state index contributed by atoms with van der Waals surface area (Å²) in [4.78, 5) is 18.0. The van der Waals surface area contributed by atoms with Crippen LogP contribution in [0.15, 0.2) is 108 Å². The maximum atomic E-state index is 13.1. The largest absolute Gasteiger partial charge is 0.323 e. The highest BCUT2D eigenvalue weighted by Crippen LogP contribution is 2.27. The lowest BCUT2D eigenvalue weighted by molar-refractivity contribution is 0.0983. The maximum absolute atomic E-state index is 13.1. The average Bonchev–Trinajstić information content (AvgIpc) is 3.28. The van der Waals surface area contributed by atoms with Crippen molar-refractivity contribution in [2.45, 2.75) is 31.2 Å². The van der Waals surface area contributed by atoms with Crippen LogP contribution in [0, 0.1) is 0 Å². The molecule has 1 N–H and O–H groups in total. The molecule has 0 saturated carbocycles. The molecular formula is C30H27N3O3S. The number of imidazole rings is 1. The Morgan fingerprint density at radius 3 is 2.08 bits per heavy atom. The van der Waals surface area contributed by atoms with Gasteiger partial charge in [-0.3, -0.25) is 4.79 Å². The van der Waals surface area contributed by atoms with Crippen molar-refractivity contribution in [1.82, 2.24) is 14.3 Å². The van der Waals surface area contributed by atoms with Gasteiger partial charge in [0.2, 0.25) is 0 Å². The van der Waals surface area contributed by atoms with Gasteiger partial charge in [-0.05, 0) is 41.0 Å². The van der Waals surface area contributed by atoms with E-state index in [1.54, 1.807) is 30.3 Å². The van der Waals surface area contributed by atoms with Crippen molar-refractivity contribution in [2.75, 3.05) is 0 Å². The Hall–Kier alpha value is -4.23. The number of hydrogen-bond acceptors (Lipinski definition) is 4. The fourth-order valence-electron chi connectivity index (χ4n) is 4.41. The highest BCUT2D eigenvalue weighted by atomic mass is 32.2. The summed E-state index contributed by atoms with van der Waals surface area (Å²) >= 11 is 0. The lowest BCUT2D eigenvalue weighted by Crippen LogP contribution is -2.30. The van der Waals surface area contributed by atoms with Gasteiger partial charge in [-0.2, -0.15) is 0 Å². The van der Waals surface area contributed by atoms with Gasteiger partial charge >= 0.3 is 0 Å². The molecule has 6 nitrogen and oxygen atoms in total. The Bertz CT molecular complexity index is 1660. The van der Waals surface area contributed by atoms with E-state index in [1.165, 1.54) is 12.1 Å². The van der Waals surface area contributed by atoms with Gasteiger partial charge in [-0.15, -0.1) is 0 Å². The summed E-state index contributed by atoms with van der Waals surface area (Å²) < 4.78 is 29.8. The summed E-state index contributed by atoms with van der Waals surface area (Å²) in [7, 11) is -4.01. The third-order valence-corrected chi connectivity index (χ3v) is 7.60.